The molecule has 1 amide bonds. The number of fused-ring (bicyclic) bond motifs is 1. The molecule has 0 saturated carbocycles. The van der Waals surface area contributed by atoms with E-state index in [-0.39, 0.29) is 6.54 Å². The van der Waals surface area contributed by atoms with Crippen LogP contribution >= 0.6 is 0 Å². The summed E-state index contributed by atoms with van der Waals surface area (Å²) in [5.41, 5.74) is 8.76. The zero-order valence-corrected chi connectivity index (χ0v) is 12.6. The van der Waals surface area contributed by atoms with E-state index in [1.54, 1.807) is 12.1 Å². The lowest BCUT2D eigenvalue weighted by molar-refractivity contribution is -0.137. The van der Waals surface area contributed by atoms with Crippen molar-refractivity contribution in [2.75, 3.05) is 12.3 Å². The van der Waals surface area contributed by atoms with E-state index < -0.39 is 17.8 Å². The van der Waals surface area contributed by atoms with E-state index in [0.717, 1.165) is 23.3 Å². The summed E-state index contributed by atoms with van der Waals surface area (Å²) in [5, 5.41) is 9.11. The van der Waals surface area contributed by atoms with Crippen LogP contribution in [-0.2, 0) is 19.1 Å². The SMILES string of the molecule is Nc1cc2c(cc1-c1ccc(C(F)(F)F)cc1)CN(C(=O)O)CC2. The predicted molar refractivity (Wildman–Crippen MR) is 83.4 cm³/mol. The summed E-state index contributed by atoms with van der Waals surface area (Å²) in [7, 11) is 0. The van der Waals surface area contributed by atoms with Gasteiger partial charge in [0.05, 0.1) is 5.56 Å². The summed E-state index contributed by atoms with van der Waals surface area (Å²) in [6, 6.07) is 8.32. The predicted octanol–water partition coefficient (Wildman–Crippen LogP) is 3.99. The average Bonchev–Trinajstić information content (AvgIpc) is 2.53. The molecule has 1 aliphatic rings. The third-order valence-corrected chi connectivity index (χ3v) is 4.18. The largest absolute Gasteiger partial charge is 0.465 e. The number of hydrogen-bond donors (Lipinski definition) is 2. The van der Waals surface area contributed by atoms with Gasteiger partial charge in [0.2, 0.25) is 0 Å². The van der Waals surface area contributed by atoms with Gasteiger partial charge in [0.15, 0.2) is 0 Å². The lowest BCUT2D eigenvalue weighted by Crippen LogP contribution is -2.34. The van der Waals surface area contributed by atoms with Crippen LogP contribution in [0.2, 0.25) is 0 Å². The van der Waals surface area contributed by atoms with Crippen molar-refractivity contribution >= 4 is 11.8 Å². The normalized spacial score (nSPS) is 14.4. The number of nitrogen functional groups attached to an aromatic ring is 1. The highest BCUT2D eigenvalue weighted by Gasteiger charge is 2.30. The maximum absolute atomic E-state index is 12.7. The van der Waals surface area contributed by atoms with Gasteiger partial charge in [-0.1, -0.05) is 12.1 Å². The topological polar surface area (TPSA) is 66.6 Å². The molecule has 24 heavy (non-hydrogen) atoms. The standard InChI is InChI=1S/C17H15F3N2O2/c18-17(19,20)13-3-1-10(2-4-13)14-7-12-9-22(16(23)24)6-5-11(12)8-15(14)21/h1-4,7-8H,5-6,9,21H2,(H,23,24). The summed E-state index contributed by atoms with van der Waals surface area (Å²) >= 11 is 0. The van der Waals surface area contributed by atoms with Gasteiger partial charge in [-0.15, -0.1) is 0 Å². The zero-order chi connectivity index (χ0) is 17.5. The van der Waals surface area contributed by atoms with Crippen LogP contribution in [0.1, 0.15) is 16.7 Å². The molecule has 0 radical (unpaired) electrons. The van der Waals surface area contributed by atoms with Crippen LogP contribution in [0.15, 0.2) is 36.4 Å². The Labute approximate surface area is 136 Å². The van der Waals surface area contributed by atoms with Gasteiger partial charge in [0, 0.05) is 24.3 Å². The van der Waals surface area contributed by atoms with E-state index in [9.17, 15) is 18.0 Å². The molecule has 0 spiro atoms. The monoisotopic (exact) mass is 336 g/mol. The maximum Gasteiger partial charge on any atom is 0.416 e. The summed E-state index contributed by atoms with van der Waals surface area (Å²) in [6.07, 6.45) is -4.81. The maximum atomic E-state index is 12.7. The number of hydrogen-bond acceptors (Lipinski definition) is 2. The van der Waals surface area contributed by atoms with Gasteiger partial charge in [0.1, 0.15) is 0 Å². The molecule has 0 saturated heterocycles. The fourth-order valence-corrected chi connectivity index (χ4v) is 2.88. The second kappa shape index (κ2) is 5.74. The first-order chi connectivity index (χ1) is 11.3. The molecule has 4 nitrogen and oxygen atoms in total. The van der Waals surface area contributed by atoms with E-state index in [1.807, 2.05) is 0 Å². The zero-order valence-electron chi connectivity index (χ0n) is 12.6. The first-order valence-electron chi connectivity index (χ1n) is 7.32. The second-order valence-electron chi connectivity index (χ2n) is 5.74. The number of alkyl halides is 3. The van der Waals surface area contributed by atoms with Gasteiger partial charge in [-0.05, 0) is 47.4 Å². The Hall–Kier alpha value is -2.70. The van der Waals surface area contributed by atoms with Crippen LogP contribution in [0.5, 0.6) is 0 Å². The Balaban J connectivity index is 1.97. The number of nitrogens with two attached hydrogens (primary N) is 1. The fraction of sp³-hybridized carbons (Fsp3) is 0.235. The second-order valence-corrected chi connectivity index (χ2v) is 5.74. The third-order valence-electron chi connectivity index (χ3n) is 4.18. The Morgan fingerprint density at radius 1 is 1.12 bits per heavy atom. The average molecular weight is 336 g/mol. The molecule has 126 valence electrons. The van der Waals surface area contributed by atoms with Crippen LogP contribution in [0.4, 0.5) is 23.7 Å². The van der Waals surface area contributed by atoms with E-state index in [2.05, 4.69) is 0 Å². The lowest BCUT2D eigenvalue weighted by Gasteiger charge is -2.27. The molecule has 3 N–H and O–H groups in total. The first kappa shape index (κ1) is 16.2. The van der Waals surface area contributed by atoms with Crippen molar-refractivity contribution < 1.29 is 23.1 Å². The highest BCUT2D eigenvalue weighted by atomic mass is 19.4. The minimum Gasteiger partial charge on any atom is -0.465 e. The molecular formula is C17H15F3N2O2. The number of amides is 1. The summed E-state index contributed by atoms with van der Waals surface area (Å²) in [4.78, 5) is 12.4. The van der Waals surface area contributed by atoms with Crippen LogP contribution in [-0.4, -0.2) is 22.6 Å². The molecule has 0 aliphatic carbocycles. The molecule has 1 heterocycles. The van der Waals surface area contributed by atoms with Gasteiger partial charge in [0.25, 0.3) is 0 Å². The quantitative estimate of drug-likeness (QED) is 0.774. The number of carbonyl (C=O) groups is 1. The van der Waals surface area contributed by atoms with E-state index in [1.165, 1.54) is 17.0 Å². The molecule has 2 aromatic carbocycles. The number of carboxylic acid groups (broad SMARTS) is 1. The molecule has 7 heteroatoms. The van der Waals surface area contributed by atoms with E-state index in [0.29, 0.717) is 29.8 Å². The van der Waals surface area contributed by atoms with Crippen molar-refractivity contribution in [3.8, 4) is 11.1 Å². The number of halogens is 3. The first-order valence-corrected chi connectivity index (χ1v) is 7.32. The van der Waals surface area contributed by atoms with Crippen LogP contribution in [0.25, 0.3) is 11.1 Å². The minimum atomic E-state index is -4.39. The van der Waals surface area contributed by atoms with Crippen molar-refractivity contribution in [1.29, 1.82) is 0 Å². The lowest BCUT2D eigenvalue weighted by atomic mass is 9.93. The minimum absolute atomic E-state index is 0.249. The van der Waals surface area contributed by atoms with Crippen LogP contribution < -0.4 is 5.73 Å². The van der Waals surface area contributed by atoms with Gasteiger partial charge < -0.3 is 15.7 Å². The van der Waals surface area contributed by atoms with Crippen molar-refractivity contribution in [3.05, 3.63) is 53.1 Å². The molecule has 1 aliphatic heterocycles. The van der Waals surface area contributed by atoms with Crippen molar-refractivity contribution in [3.63, 3.8) is 0 Å². The highest BCUT2D eigenvalue weighted by Crippen LogP contribution is 2.34. The van der Waals surface area contributed by atoms with Gasteiger partial charge in [-0.2, -0.15) is 13.2 Å². The number of anilines is 1. The Morgan fingerprint density at radius 2 is 1.79 bits per heavy atom. The molecule has 3 rings (SSSR count). The smallest absolute Gasteiger partial charge is 0.416 e. The Morgan fingerprint density at radius 3 is 2.38 bits per heavy atom. The molecule has 0 bridgehead atoms. The summed E-state index contributed by atoms with van der Waals surface area (Å²) in [6.45, 7) is 0.653. The molecule has 0 aromatic heterocycles. The number of rotatable bonds is 1. The van der Waals surface area contributed by atoms with Gasteiger partial charge in [-0.3, -0.25) is 0 Å². The molecular weight excluding hydrogens is 321 g/mol. The molecule has 0 fully saturated rings. The van der Waals surface area contributed by atoms with Crippen molar-refractivity contribution in [2.24, 2.45) is 0 Å². The molecule has 2 aromatic rings. The number of benzene rings is 2. The van der Waals surface area contributed by atoms with Crippen molar-refractivity contribution in [1.82, 2.24) is 4.90 Å². The van der Waals surface area contributed by atoms with Gasteiger partial charge >= 0.3 is 12.3 Å². The summed E-state index contributed by atoms with van der Waals surface area (Å²) in [5.74, 6) is 0. The van der Waals surface area contributed by atoms with Gasteiger partial charge in [-0.25, -0.2) is 4.79 Å². The van der Waals surface area contributed by atoms with E-state index >= 15 is 0 Å². The Bertz CT molecular complexity index is 786. The third kappa shape index (κ3) is 3.02. The van der Waals surface area contributed by atoms with E-state index in [4.69, 9.17) is 10.8 Å². The Kier molecular flexibility index (Phi) is 3.87. The van der Waals surface area contributed by atoms with Crippen LogP contribution in [0, 0.1) is 0 Å². The fourth-order valence-electron chi connectivity index (χ4n) is 2.88. The van der Waals surface area contributed by atoms with Crippen molar-refractivity contribution in [2.45, 2.75) is 19.1 Å². The number of nitrogens with zero attached hydrogens (tertiary/aromatic N) is 1. The highest BCUT2D eigenvalue weighted by molar-refractivity contribution is 5.78. The molecule has 0 unspecified atom stereocenters. The summed E-state index contributed by atoms with van der Waals surface area (Å²) < 4.78 is 38.0. The van der Waals surface area contributed by atoms with Crippen LogP contribution in [0.3, 0.4) is 0 Å². The molecule has 0 atom stereocenters.